The van der Waals surface area contributed by atoms with E-state index in [0.717, 1.165) is 0 Å². The number of sulfonamides is 1. The van der Waals surface area contributed by atoms with E-state index in [0.29, 0.717) is 28.0 Å². The van der Waals surface area contributed by atoms with E-state index >= 15 is 0 Å². The summed E-state index contributed by atoms with van der Waals surface area (Å²) in [5.74, 6) is -0.427. The van der Waals surface area contributed by atoms with Gasteiger partial charge in [-0.1, -0.05) is 12.1 Å². The van der Waals surface area contributed by atoms with E-state index < -0.39 is 27.4 Å². The molecule has 0 unspecified atom stereocenters. The number of ether oxygens (including phenoxy) is 1. The summed E-state index contributed by atoms with van der Waals surface area (Å²) in [6.45, 7) is 7.01. The number of benzene rings is 2. The third-order valence-electron chi connectivity index (χ3n) is 5.03. The van der Waals surface area contributed by atoms with Crippen molar-refractivity contribution < 1.29 is 22.3 Å². The van der Waals surface area contributed by atoms with Gasteiger partial charge in [0.2, 0.25) is 10.0 Å². The molecular formula is C24H29FN4O4S. The summed E-state index contributed by atoms with van der Waals surface area (Å²) in [4.78, 5) is 17.1. The number of carbonyl (C=O) groups is 1. The summed E-state index contributed by atoms with van der Waals surface area (Å²) < 4.78 is 48.8. The molecule has 3 aromatic rings. The van der Waals surface area contributed by atoms with Crippen LogP contribution in [0.5, 0.6) is 0 Å². The maximum atomic E-state index is 14.3. The summed E-state index contributed by atoms with van der Waals surface area (Å²) in [5.41, 5.74) is 7.39. The highest BCUT2D eigenvalue weighted by molar-refractivity contribution is 7.89. The van der Waals surface area contributed by atoms with Gasteiger partial charge in [0.15, 0.2) is 0 Å². The zero-order valence-corrected chi connectivity index (χ0v) is 20.7. The Balaban J connectivity index is 2.17. The molecule has 0 atom stereocenters. The SMILES string of the molecule is COC(=O)c1cc(-c2ccc(S(=O)(=O)NC(C)(C)C)cc2)c2nc(C)n(C/C(F)=C/CN)c2c1. The average Bonchev–Trinajstić information content (AvgIpc) is 3.06. The number of carbonyl (C=O) groups excluding carboxylic acids is 1. The number of hydrogen-bond donors (Lipinski definition) is 2. The van der Waals surface area contributed by atoms with E-state index in [1.54, 1.807) is 56.5 Å². The molecule has 8 nitrogen and oxygen atoms in total. The minimum absolute atomic E-state index is 0.0650. The highest BCUT2D eigenvalue weighted by atomic mass is 32.2. The first-order valence-corrected chi connectivity index (χ1v) is 12.1. The number of halogens is 1. The molecule has 3 N–H and O–H groups in total. The van der Waals surface area contributed by atoms with E-state index in [-0.39, 0.29) is 23.5 Å². The number of allylic oxidation sites excluding steroid dienone is 1. The number of nitrogens with two attached hydrogens (primary N) is 1. The molecular weight excluding hydrogens is 459 g/mol. The van der Waals surface area contributed by atoms with Crippen molar-refractivity contribution in [2.75, 3.05) is 13.7 Å². The smallest absolute Gasteiger partial charge is 0.337 e. The van der Waals surface area contributed by atoms with Crippen molar-refractivity contribution in [2.24, 2.45) is 5.73 Å². The molecule has 0 amide bonds. The Labute approximate surface area is 198 Å². The van der Waals surface area contributed by atoms with Gasteiger partial charge in [-0.3, -0.25) is 0 Å². The van der Waals surface area contributed by atoms with Crippen LogP contribution in [0.3, 0.4) is 0 Å². The fourth-order valence-corrected chi connectivity index (χ4v) is 5.03. The summed E-state index contributed by atoms with van der Waals surface area (Å²) in [7, 11) is -2.43. The second-order valence-electron chi connectivity index (χ2n) is 8.89. The number of rotatable bonds is 7. The maximum absolute atomic E-state index is 14.3. The molecule has 0 aliphatic heterocycles. The minimum atomic E-state index is -3.71. The lowest BCUT2D eigenvalue weighted by Crippen LogP contribution is -2.40. The van der Waals surface area contributed by atoms with Crippen molar-refractivity contribution in [1.29, 1.82) is 0 Å². The van der Waals surface area contributed by atoms with Gasteiger partial charge in [0.25, 0.3) is 0 Å². The Kier molecular flexibility index (Phi) is 7.25. The number of nitrogens with one attached hydrogen (secondary N) is 1. The highest BCUT2D eigenvalue weighted by Crippen LogP contribution is 2.32. The molecule has 2 aromatic carbocycles. The highest BCUT2D eigenvalue weighted by Gasteiger charge is 2.23. The lowest BCUT2D eigenvalue weighted by Gasteiger charge is -2.20. The maximum Gasteiger partial charge on any atom is 0.337 e. The van der Waals surface area contributed by atoms with E-state index in [4.69, 9.17) is 10.5 Å². The lowest BCUT2D eigenvalue weighted by atomic mass is 10.0. The Hall–Kier alpha value is -3.08. The van der Waals surface area contributed by atoms with Crippen molar-refractivity contribution in [3.05, 3.63) is 59.7 Å². The van der Waals surface area contributed by atoms with Crippen LogP contribution in [0.1, 0.15) is 37.0 Å². The van der Waals surface area contributed by atoms with Crippen LogP contribution in [0, 0.1) is 6.92 Å². The van der Waals surface area contributed by atoms with Gasteiger partial charge in [0.1, 0.15) is 11.7 Å². The molecule has 0 bridgehead atoms. The largest absolute Gasteiger partial charge is 0.465 e. The number of esters is 1. The molecule has 3 rings (SSSR count). The first-order valence-electron chi connectivity index (χ1n) is 10.6. The second-order valence-corrected chi connectivity index (χ2v) is 10.6. The molecule has 0 aliphatic carbocycles. The van der Waals surface area contributed by atoms with Gasteiger partial charge >= 0.3 is 5.97 Å². The number of fused-ring (bicyclic) bond motifs is 1. The molecule has 182 valence electrons. The Bertz CT molecular complexity index is 1350. The number of aromatic nitrogens is 2. The van der Waals surface area contributed by atoms with Crippen molar-refractivity contribution in [3.63, 3.8) is 0 Å². The quantitative estimate of drug-likeness (QED) is 0.490. The molecule has 10 heteroatoms. The number of aryl methyl sites for hydroxylation is 1. The first-order chi connectivity index (χ1) is 15.9. The fraction of sp³-hybridized carbons (Fsp3) is 0.333. The molecule has 1 heterocycles. The zero-order valence-electron chi connectivity index (χ0n) is 19.8. The van der Waals surface area contributed by atoms with Crippen LogP contribution in [0.4, 0.5) is 4.39 Å². The van der Waals surface area contributed by atoms with Gasteiger partial charge in [-0.15, -0.1) is 0 Å². The van der Waals surface area contributed by atoms with E-state index in [1.165, 1.54) is 25.3 Å². The predicted octanol–water partition coefficient (Wildman–Crippen LogP) is 3.69. The van der Waals surface area contributed by atoms with Crippen molar-refractivity contribution in [2.45, 2.75) is 44.7 Å². The third-order valence-corrected chi connectivity index (χ3v) is 6.80. The van der Waals surface area contributed by atoms with Crippen LogP contribution >= 0.6 is 0 Å². The summed E-state index contributed by atoms with van der Waals surface area (Å²) in [6, 6.07) is 9.52. The van der Waals surface area contributed by atoms with Crippen LogP contribution in [0.25, 0.3) is 22.2 Å². The number of methoxy groups -OCH3 is 1. The van der Waals surface area contributed by atoms with Gasteiger partial charge in [-0.05, 0) is 63.6 Å². The zero-order chi connectivity index (χ0) is 25.3. The molecule has 0 fully saturated rings. The first kappa shape index (κ1) is 25.5. The molecule has 34 heavy (non-hydrogen) atoms. The molecule has 0 saturated heterocycles. The van der Waals surface area contributed by atoms with Gasteiger partial charge in [0, 0.05) is 17.6 Å². The number of hydrogen-bond acceptors (Lipinski definition) is 6. The normalized spacial score (nSPS) is 12.9. The standard InChI is InChI=1S/C24H29FN4O4S/c1-15-27-22-20(16-6-8-19(9-7-16)34(31,32)28-24(2,3)4)12-17(23(30)33-5)13-21(22)29(15)14-18(25)10-11-26/h6-10,12-13,28H,11,14,26H2,1-5H3/b18-10-. The Morgan fingerprint density at radius 3 is 2.44 bits per heavy atom. The van der Waals surface area contributed by atoms with Crippen LogP contribution in [-0.2, 0) is 21.3 Å². The van der Waals surface area contributed by atoms with Crippen molar-refractivity contribution >= 4 is 27.0 Å². The molecule has 0 aliphatic rings. The lowest BCUT2D eigenvalue weighted by molar-refractivity contribution is 0.0601. The summed E-state index contributed by atoms with van der Waals surface area (Å²) >= 11 is 0. The van der Waals surface area contributed by atoms with Crippen LogP contribution < -0.4 is 10.5 Å². The summed E-state index contributed by atoms with van der Waals surface area (Å²) in [6.07, 6.45) is 1.28. The number of imidazole rings is 1. The van der Waals surface area contributed by atoms with Crippen molar-refractivity contribution in [1.82, 2.24) is 14.3 Å². The topological polar surface area (TPSA) is 116 Å². The predicted molar refractivity (Wildman–Crippen MR) is 130 cm³/mol. The third kappa shape index (κ3) is 5.52. The molecule has 0 spiro atoms. The Morgan fingerprint density at radius 1 is 1.24 bits per heavy atom. The minimum Gasteiger partial charge on any atom is -0.465 e. The monoisotopic (exact) mass is 488 g/mol. The average molecular weight is 489 g/mol. The van der Waals surface area contributed by atoms with Gasteiger partial charge in [0.05, 0.1) is 35.1 Å². The Morgan fingerprint density at radius 2 is 1.88 bits per heavy atom. The van der Waals surface area contributed by atoms with E-state index in [1.807, 2.05) is 0 Å². The van der Waals surface area contributed by atoms with Gasteiger partial charge in [-0.25, -0.2) is 27.3 Å². The van der Waals surface area contributed by atoms with Gasteiger partial charge in [-0.2, -0.15) is 0 Å². The van der Waals surface area contributed by atoms with Crippen LogP contribution in [0.15, 0.2) is 53.2 Å². The summed E-state index contributed by atoms with van der Waals surface area (Å²) in [5, 5.41) is 0. The van der Waals surface area contributed by atoms with Crippen LogP contribution in [-0.4, -0.2) is 43.1 Å². The fourth-order valence-electron chi connectivity index (χ4n) is 3.61. The second kappa shape index (κ2) is 9.65. The molecule has 0 saturated carbocycles. The molecule has 1 aromatic heterocycles. The van der Waals surface area contributed by atoms with E-state index in [2.05, 4.69) is 9.71 Å². The number of nitrogens with zero attached hydrogens (tertiary/aromatic N) is 2. The van der Waals surface area contributed by atoms with E-state index in [9.17, 15) is 17.6 Å². The molecule has 0 radical (unpaired) electrons. The van der Waals surface area contributed by atoms with Gasteiger partial charge < -0.3 is 15.0 Å². The van der Waals surface area contributed by atoms with Crippen LogP contribution in [0.2, 0.25) is 0 Å². The van der Waals surface area contributed by atoms with Crippen molar-refractivity contribution in [3.8, 4) is 11.1 Å².